The number of anilines is 1. The summed E-state index contributed by atoms with van der Waals surface area (Å²) in [6.45, 7) is 2.84. The van der Waals surface area contributed by atoms with Crippen molar-refractivity contribution in [2.75, 3.05) is 26.1 Å². The summed E-state index contributed by atoms with van der Waals surface area (Å²) in [6.07, 6.45) is 1.74. The third-order valence-electron chi connectivity index (χ3n) is 5.63. The van der Waals surface area contributed by atoms with Crippen LogP contribution in [0.15, 0.2) is 30.3 Å². The van der Waals surface area contributed by atoms with Gasteiger partial charge in [-0.3, -0.25) is 0 Å². The Balaban J connectivity index is 1.69. The van der Waals surface area contributed by atoms with E-state index in [2.05, 4.69) is 15.3 Å². The Morgan fingerprint density at radius 1 is 1.12 bits per heavy atom. The zero-order valence-corrected chi connectivity index (χ0v) is 19.0. The van der Waals surface area contributed by atoms with Gasteiger partial charge >= 0.3 is 0 Å². The lowest BCUT2D eigenvalue weighted by molar-refractivity contribution is 0.0136. The van der Waals surface area contributed by atoms with Crippen LogP contribution in [0.2, 0.25) is 0 Å². The Morgan fingerprint density at radius 3 is 2.52 bits per heavy atom. The minimum Gasteiger partial charge on any atom is -0.493 e. The van der Waals surface area contributed by atoms with E-state index in [1.807, 2.05) is 0 Å². The number of methoxy groups -OCH3 is 2. The van der Waals surface area contributed by atoms with Crippen molar-refractivity contribution in [3.8, 4) is 11.5 Å². The van der Waals surface area contributed by atoms with E-state index in [0.717, 1.165) is 18.9 Å². The first kappa shape index (κ1) is 23.1. The second kappa shape index (κ2) is 8.70. The van der Waals surface area contributed by atoms with E-state index in [1.165, 1.54) is 12.1 Å². The monoisotopic (exact) mass is 461 g/mol. The number of ether oxygens (including phenoxy) is 3. The molecule has 2 aromatic carbocycles. The number of hydrogen-bond acceptors (Lipinski definition) is 6. The molecule has 1 aromatic heterocycles. The minimum absolute atomic E-state index is 0.0306. The van der Waals surface area contributed by atoms with Crippen molar-refractivity contribution in [3.63, 3.8) is 0 Å². The molecule has 0 radical (unpaired) electrons. The average Bonchev–Trinajstić information content (AvgIpc) is 3.51. The molecule has 1 fully saturated rings. The number of benzene rings is 2. The number of aryl methyl sites for hydroxylation is 1. The Labute approximate surface area is 190 Å². The van der Waals surface area contributed by atoms with E-state index in [-0.39, 0.29) is 17.7 Å². The molecule has 0 unspecified atom stereocenters. The van der Waals surface area contributed by atoms with E-state index in [0.29, 0.717) is 47.6 Å². The van der Waals surface area contributed by atoms with Crippen LogP contribution >= 0.6 is 0 Å². The lowest BCUT2D eigenvalue weighted by Crippen LogP contribution is -2.24. The fourth-order valence-electron chi connectivity index (χ4n) is 3.77. The molecule has 0 aliphatic heterocycles. The first-order chi connectivity index (χ1) is 15.7. The van der Waals surface area contributed by atoms with Gasteiger partial charge in [-0.15, -0.1) is 0 Å². The smallest absolute Gasteiger partial charge is 0.273 e. The van der Waals surface area contributed by atoms with E-state index in [4.69, 9.17) is 14.2 Å². The highest BCUT2D eigenvalue weighted by Crippen LogP contribution is 2.44. The predicted molar refractivity (Wildman–Crippen MR) is 119 cm³/mol. The molecule has 1 N–H and O–H groups in total. The SMILES string of the molecule is COCC1(Oc2cc3c(NCc4cccc(C(C)(F)F)c4F)nc(C)nc3cc2OC)CC1. The maximum absolute atomic E-state index is 14.7. The number of rotatable bonds is 9. The molecule has 1 saturated carbocycles. The molecule has 33 heavy (non-hydrogen) atoms. The summed E-state index contributed by atoms with van der Waals surface area (Å²) in [6, 6.07) is 7.50. The largest absolute Gasteiger partial charge is 0.493 e. The van der Waals surface area contributed by atoms with Crippen LogP contribution in [0, 0.1) is 12.7 Å². The van der Waals surface area contributed by atoms with Gasteiger partial charge < -0.3 is 19.5 Å². The fourth-order valence-corrected chi connectivity index (χ4v) is 3.77. The highest BCUT2D eigenvalue weighted by Gasteiger charge is 2.46. The summed E-state index contributed by atoms with van der Waals surface area (Å²) in [5.74, 6) is -2.23. The second-order valence-corrected chi connectivity index (χ2v) is 8.38. The van der Waals surface area contributed by atoms with Gasteiger partial charge in [0.1, 0.15) is 23.1 Å². The first-order valence-corrected chi connectivity index (χ1v) is 10.6. The molecule has 0 saturated heterocycles. The summed E-state index contributed by atoms with van der Waals surface area (Å²) in [7, 11) is 3.18. The third-order valence-corrected chi connectivity index (χ3v) is 5.63. The third kappa shape index (κ3) is 4.83. The molecule has 0 atom stereocenters. The topological polar surface area (TPSA) is 65.5 Å². The van der Waals surface area contributed by atoms with Gasteiger partial charge in [0.05, 0.1) is 24.8 Å². The first-order valence-electron chi connectivity index (χ1n) is 10.6. The lowest BCUT2D eigenvalue weighted by atomic mass is 10.0. The molecule has 176 valence electrons. The van der Waals surface area contributed by atoms with Gasteiger partial charge in [0.2, 0.25) is 0 Å². The van der Waals surface area contributed by atoms with E-state index < -0.39 is 17.3 Å². The van der Waals surface area contributed by atoms with Crippen molar-refractivity contribution in [1.82, 2.24) is 9.97 Å². The van der Waals surface area contributed by atoms with Gasteiger partial charge in [0, 0.05) is 37.6 Å². The Kier molecular flexibility index (Phi) is 6.09. The van der Waals surface area contributed by atoms with Gasteiger partial charge in [-0.2, -0.15) is 0 Å². The van der Waals surface area contributed by atoms with Gasteiger partial charge in [0.25, 0.3) is 5.92 Å². The number of nitrogens with one attached hydrogen (secondary N) is 1. The van der Waals surface area contributed by atoms with Gasteiger partial charge in [0.15, 0.2) is 11.5 Å². The zero-order chi connectivity index (χ0) is 23.8. The molecule has 3 aromatic rings. The molecule has 0 bridgehead atoms. The normalized spacial score (nSPS) is 14.9. The van der Waals surface area contributed by atoms with Crippen LogP contribution in [-0.2, 0) is 17.2 Å². The van der Waals surface area contributed by atoms with Crippen LogP contribution in [0.4, 0.5) is 19.0 Å². The molecule has 0 amide bonds. The molecular formula is C24H26F3N3O3. The molecule has 1 aliphatic rings. The van der Waals surface area contributed by atoms with Crippen LogP contribution in [0.5, 0.6) is 11.5 Å². The van der Waals surface area contributed by atoms with Crippen LogP contribution < -0.4 is 14.8 Å². The highest BCUT2D eigenvalue weighted by atomic mass is 19.3. The summed E-state index contributed by atoms with van der Waals surface area (Å²) in [5.41, 5.74) is -0.302. The highest BCUT2D eigenvalue weighted by molar-refractivity contribution is 5.91. The van der Waals surface area contributed by atoms with Crippen LogP contribution in [0.3, 0.4) is 0 Å². The van der Waals surface area contributed by atoms with Crippen molar-refractivity contribution in [2.45, 2.75) is 44.8 Å². The standard InChI is InChI=1S/C24H26F3N3O3/c1-14-29-18-11-19(32-4)20(33-24(8-9-24)13-31-3)10-16(18)22(30-14)28-12-15-6-5-7-17(21(15)25)23(2,26)27/h5-7,10-11H,8-9,12-13H2,1-4H3,(H,28,29,30). The van der Waals surface area contributed by atoms with Crippen LogP contribution in [0.25, 0.3) is 10.9 Å². The summed E-state index contributed by atoms with van der Waals surface area (Å²) in [4.78, 5) is 8.92. The molecule has 1 aliphatic carbocycles. The number of halogens is 3. The molecule has 0 spiro atoms. The van der Waals surface area contributed by atoms with E-state index >= 15 is 0 Å². The zero-order valence-electron chi connectivity index (χ0n) is 19.0. The fraction of sp³-hybridized carbons (Fsp3) is 0.417. The summed E-state index contributed by atoms with van der Waals surface area (Å²) >= 11 is 0. The summed E-state index contributed by atoms with van der Waals surface area (Å²) in [5, 5.41) is 3.72. The maximum Gasteiger partial charge on any atom is 0.273 e. The average molecular weight is 461 g/mol. The summed E-state index contributed by atoms with van der Waals surface area (Å²) < 4.78 is 59.1. The van der Waals surface area contributed by atoms with Crippen molar-refractivity contribution in [2.24, 2.45) is 0 Å². The maximum atomic E-state index is 14.7. The Hall–Kier alpha value is -3.07. The molecule has 6 nitrogen and oxygen atoms in total. The van der Waals surface area contributed by atoms with E-state index in [1.54, 1.807) is 33.3 Å². The van der Waals surface area contributed by atoms with Crippen LogP contribution in [0.1, 0.15) is 36.7 Å². The Morgan fingerprint density at radius 2 is 1.88 bits per heavy atom. The van der Waals surface area contributed by atoms with Crippen molar-refractivity contribution in [1.29, 1.82) is 0 Å². The van der Waals surface area contributed by atoms with Crippen LogP contribution in [-0.4, -0.2) is 36.4 Å². The van der Waals surface area contributed by atoms with Gasteiger partial charge in [-0.05, 0) is 25.8 Å². The number of hydrogen-bond donors (Lipinski definition) is 1. The number of nitrogens with zero attached hydrogens (tertiary/aromatic N) is 2. The molecular weight excluding hydrogens is 435 g/mol. The van der Waals surface area contributed by atoms with Crippen molar-refractivity contribution in [3.05, 3.63) is 53.1 Å². The minimum atomic E-state index is -3.28. The second-order valence-electron chi connectivity index (χ2n) is 8.38. The van der Waals surface area contributed by atoms with Gasteiger partial charge in [-0.1, -0.05) is 18.2 Å². The predicted octanol–water partition coefficient (Wildman–Crippen LogP) is 5.37. The Bertz CT molecular complexity index is 1180. The molecule has 9 heteroatoms. The number of fused-ring (bicyclic) bond motifs is 1. The van der Waals surface area contributed by atoms with Crippen molar-refractivity contribution < 1.29 is 27.4 Å². The van der Waals surface area contributed by atoms with E-state index in [9.17, 15) is 13.2 Å². The quantitative estimate of drug-likeness (QED) is 0.462. The van der Waals surface area contributed by atoms with Gasteiger partial charge in [-0.25, -0.2) is 23.1 Å². The molecule has 1 heterocycles. The lowest BCUT2D eigenvalue weighted by Gasteiger charge is -2.20. The number of aromatic nitrogens is 2. The van der Waals surface area contributed by atoms with Crippen molar-refractivity contribution >= 4 is 16.7 Å². The molecule has 4 rings (SSSR count). The number of alkyl halides is 2.